The van der Waals surface area contributed by atoms with E-state index in [1.165, 1.54) is 0 Å². The van der Waals surface area contributed by atoms with E-state index in [0.29, 0.717) is 36.0 Å². The lowest BCUT2D eigenvalue weighted by Gasteiger charge is -2.11. The third kappa shape index (κ3) is 5.91. The summed E-state index contributed by atoms with van der Waals surface area (Å²) in [7, 11) is 3.12. The zero-order chi connectivity index (χ0) is 19.6. The lowest BCUT2D eigenvalue weighted by Crippen LogP contribution is -2.28. The first-order valence-corrected chi connectivity index (χ1v) is 8.45. The van der Waals surface area contributed by atoms with Crippen LogP contribution >= 0.6 is 0 Å². The first-order chi connectivity index (χ1) is 13.1. The minimum atomic E-state index is -0.392. The topological polar surface area (TPSA) is 83.1 Å². The smallest absolute Gasteiger partial charge is 0.338 e. The van der Waals surface area contributed by atoms with Crippen LogP contribution in [-0.2, 0) is 16.1 Å². The maximum atomic E-state index is 12.0. The summed E-state index contributed by atoms with van der Waals surface area (Å²) in [6.45, 7) is 2.27. The number of hydrogen-bond acceptors (Lipinski definition) is 6. The minimum absolute atomic E-state index is 0.133. The van der Waals surface area contributed by atoms with E-state index in [4.69, 9.17) is 18.9 Å². The molecule has 0 aliphatic heterocycles. The van der Waals surface area contributed by atoms with Crippen molar-refractivity contribution in [3.05, 3.63) is 53.6 Å². The molecular weight excluding hydrogens is 350 g/mol. The molecule has 0 atom stereocenters. The van der Waals surface area contributed by atoms with Gasteiger partial charge in [-0.05, 0) is 48.9 Å². The number of amides is 1. The average Bonchev–Trinajstić information content (AvgIpc) is 2.71. The Labute approximate surface area is 158 Å². The highest BCUT2D eigenvalue weighted by Gasteiger charge is 2.08. The molecule has 0 radical (unpaired) electrons. The van der Waals surface area contributed by atoms with E-state index in [-0.39, 0.29) is 12.5 Å². The summed E-state index contributed by atoms with van der Waals surface area (Å²) < 4.78 is 20.7. The summed E-state index contributed by atoms with van der Waals surface area (Å²) in [6, 6.07) is 11.8. The molecule has 0 aliphatic rings. The third-order valence-electron chi connectivity index (χ3n) is 3.67. The number of hydrogen-bond donors (Lipinski definition) is 1. The van der Waals surface area contributed by atoms with E-state index in [9.17, 15) is 9.59 Å². The lowest BCUT2D eigenvalue weighted by atomic mass is 10.2. The Balaban J connectivity index is 1.82. The Hall–Kier alpha value is -3.22. The summed E-state index contributed by atoms with van der Waals surface area (Å²) >= 11 is 0. The summed E-state index contributed by atoms with van der Waals surface area (Å²) in [6.07, 6.45) is 0. The number of carbonyl (C=O) groups is 2. The van der Waals surface area contributed by atoms with Crippen molar-refractivity contribution < 1.29 is 28.5 Å². The van der Waals surface area contributed by atoms with Gasteiger partial charge in [-0.1, -0.05) is 6.07 Å². The molecule has 2 rings (SSSR count). The summed E-state index contributed by atoms with van der Waals surface area (Å²) in [5, 5.41) is 2.77. The number of nitrogens with one attached hydrogen (secondary N) is 1. The zero-order valence-corrected chi connectivity index (χ0v) is 15.6. The van der Waals surface area contributed by atoms with Crippen LogP contribution in [-0.4, -0.2) is 39.3 Å². The Morgan fingerprint density at radius 2 is 1.67 bits per heavy atom. The Morgan fingerprint density at radius 3 is 2.30 bits per heavy atom. The maximum absolute atomic E-state index is 12.0. The second-order valence-electron chi connectivity index (χ2n) is 5.50. The van der Waals surface area contributed by atoms with E-state index in [2.05, 4.69) is 5.32 Å². The van der Waals surface area contributed by atoms with Crippen molar-refractivity contribution in [1.29, 1.82) is 0 Å². The fourth-order valence-electron chi connectivity index (χ4n) is 2.29. The van der Waals surface area contributed by atoms with E-state index < -0.39 is 5.97 Å². The van der Waals surface area contributed by atoms with Crippen molar-refractivity contribution in [1.82, 2.24) is 5.32 Å². The Kier molecular flexibility index (Phi) is 7.49. The number of rotatable bonds is 9. The molecule has 0 bridgehead atoms. The van der Waals surface area contributed by atoms with Crippen LogP contribution in [0.15, 0.2) is 42.5 Å². The lowest BCUT2D eigenvalue weighted by molar-refractivity contribution is -0.123. The number of esters is 1. The molecule has 0 spiro atoms. The molecule has 0 fully saturated rings. The van der Waals surface area contributed by atoms with Gasteiger partial charge >= 0.3 is 5.97 Å². The van der Waals surface area contributed by atoms with Gasteiger partial charge in [0.15, 0.2) is 18.1 Å². The SMILES string of the molecule is CCOC(=O)c1ccc(OCC(=O)NCc2ccc(OC)c(OC)c2)cc1. The fraction of sp³-hybridized carbons (Fsp3) is 0.300. The molecule has 27 heavy (non-hydrogen) atoms. The number of methoxy groups -OCH3 is 2. The molecule has 2 aromatic rings. The molecule has 144 valence electrons. The summed E-state index contributed by atoms with van der Waals surface area (Å²) in [4.78, 5) is 23.5. The van der Waals surface area contributed by atoms with Gasteiger partial charge in [-0.3, -0.25) is 4.79 Å². The normalized spacial score (nSPS) is 10.0. The average molecular weight is 373 g/mol. The van der Waals surface area contributed by atoms with Crippen LogP contribution in [0.5, 0.6) is 17.2 Å². The minimum Gasteiger partial charge on any atom is -0.493 e. The van der Waals surface area contributed by atoms with Gasteiger partial charge in [-0.2, -0.15) is 0 Å². The van der Waals surface area contributed by atoms with Gasteiger partial charge in [-0.25, -0.2) is 4.79 Å². The van der Waals surface area contributed by atoms with E-state index in [0.717, 1.165) is 5.56 Å². The molecular formula is C20H23NO6. The van der Waals surface area contributed by atoms with Crippen molar-refractivity contribution >= 4 is 11.9 Å². The van der Waals surface area contributed by atoms with Crippen LogP contribution in [0.25, 0.3) is 0 Å². The fourth-order valence-corrected chi connectivity index (χ4v) is 2.29. The monoisotopic (exact) mass is 373 g/mol. The van der Waals surface area contributed by atoms with Crippen molar-refractivity contribution in [2.45, 2.75) is 13.5 Å². The molecule has 0 aliphatic carbocycles. The third-order valence-corrected chi connectivity index (χ3v) is 3.67. The standard InChI is InChI=1S/C20H23NO6/c1-4-26-20(23)15-6-8-16(9-7-15)27-13-19(22)21-12-14-5-10-17(24-2)18(11-14)25-3/h5-11H,4,12-13H2,1-3H3,(H,21,22). The van der Waals surface area contributed by atoms with Crippen LogP contribution in [0.1, 0.15) is 22.8 Å². The van der Waals surface area contributed by atoms with Crippen LogP contribution in [0.4, 0.5) is 0 Å². The van der Waals surface area contributed by atoms with E-state index >= 15 is 0 Å². The van der Waals surface area contributed by atoms with E-state index in [1.807, 2.05) is 6.07 Å². The van der Waals surface area contributed by atoms with Crippen molar-refractivity contribution in [2.24, 2.45) is 0 Å². The van der Waals surface area contributed by atoms with Crippen LogP contribution in [0.3, 0.4) is 0 Å². The highest BCUT2D eigenvalue weighted by atomic mass is 16.5. The first kappa shape index (κ1) is 20.1. The predicted molar refractivity (Wildman–Crippen MR) is 99.3 cm³/mol. The quantitative estimate of drug-likeness (QED) is 0.680. The van der Waals surface area contributed by atoms with Gasteiger partial charge in [-0.15, -0.1) is 0 Å². The molecule has 0 saturated carbocycles. The summed E-state index contributed by atoms with van der Waals surface area (Å²) in [5.41, 5.74) is 1.31. The van der Waals surface area contributed by atoms with Gasteiger partial charge in [0, 0.05) is 6.54 Å². The van der Waals surface area contributed by atoms with Gasteiger partial charge in [0.2, 0.25) is 0 Å². The highest BCUT2D eigenvalue weighted by Crippen LogP contribution is 2.27. The second kappa shape index (κ2) is 10.1. The molecule has 0 saturated heterocycles. The Morgan fingerprint density at radius 1 is 0.963 bits per heavy atom. The number of benzene rings is 2. The van der Waals surface area contributed by atoms with Crippen LogP contribution < -0.4 is 19.5 Å². The molecule has 7 heteroatoms. The molecule has 2 aromatic carbocycles. The van der Waals surface area contributed by atoms with Crippen molar-refractivity contribution in [3.8, 4) is 17.2 Å². The van der Waals surface area contributed by atoms with Gasteiger partial charge in [0.1, 0.15) is 5.75 Å². The van der Waals surface area contributed by atoms with Crippen LogP contribution in [0, 0.1) is 0 Å². The van der Waals surface area contributed by atoms with Gasteiger partial charge in [0.05, 0.1) is 26.4 Å². The second-order valence-corrected chi connectivity index (χ2v) is 5.50. The molecule has 1 amide bonds. The molecule has 1 N–H and O–H groups in total. The molecule has 0 heterocycles. The van der Waals surface area contributed by atoms with Crippen molar-refractivity contribution in [3.63, 3.8) is 0 Å². The van der Waals surface area contributed by atoms with Crippen molar-refractivity contribution in [2.75, 3.05) is 27.4 Å². The maximum Gasteiger partial charge on any atom is 0.338 e. The van der Waals surface area contributed by atoms with Gasteiger partial charge in [0.25, 0.3) is 5.91 Å². The summed E-state index contributed by atoms with van der Waals surface area (Å²) in [5.74, 6) is 1.06. The van der Waals surface area contributed by atoms with Crippen LogP contribution in [0.2, 0.25) is 0 Å². The van der Waals surface area contributed by atoms with E-state index in [1.54, 1.807) is 57.5 Å². The zero-order valence-electron chi connectivity index (χ0n) is 15.6. The molecule has 7 nitrogen and oxygen atoms in total. The molecule has 0 unspecified atom stereocenters. The predicted octanol–water partition coefficient (Wildman–Crippen LogP) is 2.58. The largest absolute Gasteiger partial charge is 0.493 e. The van der Waals surface area contributed by atoms with Gasteiger partial charge < -0.3 is 24.3 Å². The first-order valence-electron chi connectivity index (χ1n) is 8.45. The highest BCUT2D eigenvalue weighted by molar-refractivity contribution is 5.89. The Bertz CT molecular complexity index is 773. The number of carbonyl (C=O) groups excluding carboxylic acids is 2. The molecule has 0 aromatic heterocycles. The number of ether oxygens (including phenoxy) is 4.